The van der Waals surface area contributed by atoms with Crippen molar-refractivity contribution in [2.75, 3.05) is 25.6 Å². The minimum atomic E-state index is -3.51. The number of sulfonamides is 1. The number of hydrogen-bond acceptors (Lipinski definition) is 6. The Morgan fingerprint density at radius 3 is 2.81 bits per heavy atom. The number of anilines is 2. The van der Waals surface area contributed by atoms with Crippen LogP contribution in [0.5, 0.6) is 0 Å². The van der Waals surface area contributed by atoms with E-state index in [2.05, 4.69) is 10.3 Å². The number of aromatic nitrogens is 3. The van der Waals surface area contributed by atoms with Gasteiger partial charge in [0.2, 0.25) is 10.0 Å². The van der Waals surface area contributed by atoms with Gasteiger partial charge in [0.25, 0.3) is 5.56 Å². The molecule has 0 amide bonds. The predicted molar refractivity (Wildman–Crippen MR) is 122 cm³/mol. The van der Waals surface area contributed by atoms with E-state index in [0.29, 0.717) is 41.5 Å². The highest BCUT2D eigenvalue weighted by atomic mass is 32.2. The molecule has 0 spiro atoms. The van der Waals surface area contributed by atoms with Crippen molar-refractivity contribution >= 4 is 32.4 Å². The van der Waals surface area contributed by atoms with Crippen LogP contribution in [0.4, 0.5) is 11.5 Å². The molecule has 0 unspecified atom stereocenters. The summed E-state index contributed by atoms with van der Waals surface area (Å²) >= 11 is 0. The van der Waals surface area contributed by atoms with E-state index >= 15 is 0 Å². The summed E-state index contributed by atoms with van der Waals surface area (Å²) in [5.74, 6) is 0.490. The number of benzene rings is 1. The summed E-state index contributed by atoms with van der Waals surface area (Å²) in [5.41, 5.74) is 2.04. The van der Waals surface area contributed by atoms with Crippen molar-refractivity contribution < 1.29 is 13.2 Å². The lowest BCUT2D eigenvalue weighted by Gasteiger charge is -2.22. The summed E-state index contributed by atoms with van der Waals surface area (Å²) in [4.78, 5) is 15.7. The average molecular weight is 458 g/mol. The van der Waals surface area contributed by atoms with E-state index in [4.69, 9.17) is 9.84 Å². The molecule has 5 rings (SSSR count). The molecule has 2 N–H and O–H groups in total. The number of nitrogens with zero attached hydrogens (tertiary/aromatic N) is 3. The highest BCUT2D eigenvalue weighted by molar-refractivity contribution is 7.89. The number of methoxy groups -OCH3 is 1. The van der Waals surface area contributed by atoms with Crippen molar-refractivity contribution in [3.05, 3.63) is 46.4 Å². The van der Waals surface area contributed by atoms with Crippen LogP contribution in [0.15, 0.2) is 40.2 Å². The van der Waals surface area contributed by atoms with Gasteiger partial charge in [0.1, 0.15) is 5.39 Å². The Morgan fingerprint density at radius 1 is 1.22 bits per heavy atom. The van der Waals surface area contributed by atoms with Crippen molar-refractivity contribution in [1.82, 2.24) is 19.1 Å². The SMILES string of the molecule is COCCN1Cc2cc(Nc3nn(C4CCCCC4)c4cc[nH]c(=O)c34)ccc2S1(=O)=O. The Bertz CT molecular complexity index is 1310. The van der Waals surface area contributed by atoms with Gasteiger partial charge >= 0.3 is 0 Å². The second-order valence-corrected chi connectivity index (χ2v) is 10.3. The minimum absolute atomic E-state index is 0.193. The Kier molecular flexibility index (Phi) is 5.52. The quantitative estimate of drug-likeness (QED) is 0.589. The smallest absolute Gasteiger partial charge is 0.261 e. The number of hydrogen-bond donors (Lipinski definition) is 2. The molecule has 1 fully saturated rings. The number of fused-ring (bicyclic) bond motifs is 2. The molecule has 10 heteroatoms. The van der Waals surface area contributed by atoms with E-state index in [-0.39, 0.29) is 11.6 Å². The molecule has 0 bridgehead atoms. The number of rotatable bonds is 6. The Morgan fingerprint density at radius 2 is 2.03 bits per heavy atom. The fraction of sp³-hybridized carbons (Fsp3) is 0.455. The van der Waals surface area contributed by atoms with Gasteiger partial charge in [-0.3, -0.25) is 9.48 Å². The molecule has 0 atom stereocenters. The Hall–Kier alpha value is -2.69. The number of pyridine rings is 1. The third-order valence-corrected chi connectivity index (χ3v) is 8.33. The molecule has 1 aliphatic heterocycles. The monoisotopic (exact) mass is 457 g/mol. The zero-order valence-corrected chi connectivity index (χ0v) is 18.8. The van der Waals surface area contributed by atoms with E-state index < -0.39 is 10.0 Å². The summed E-state index contributed by atoms with van der Waals surface area (Å²) in [7, 11) is -1.96. The topological polar surface area (TPSA) is 109 Å². The number of nitrogens with one attached hydrogen (secondary N) is 2. The highest BCUT2D eigenvalue weighted by Crippen LogP contribution is 2.35. The molecule has 3 heterocycles. The summed E-state index contributed by atoms with van der Waals surface area (Å²) in [6.07, 6.45) is 7.33. The lowest BCUT2D eigenvalue weighted by atomic mass is 9.95. The van der Waals surface area contributed by atoms with Crippen molar-refractivity contribution in [1.29, 1.82) is 0 Å². The van der Waals surface area contributed by atoms with Crippen LogP contribution in [0.1, 0.15) is 43.7 Å². The fourth-order valence-electron chi connectivity index (χ4n) is 4.77. The molecule has 1 aromatic carbocycles. The van der Waals surface area contributed by atoms with Gasteiger partial charge in [-0.05, 0) is 42.7 Å². The maximum absolute atomic E-state index is 12.7. The third kappa shape index (κ3) is 3.62. The minimum Gasteiger partial charge on any atom is -0.383 e. The van der Waals surface area contributed by atoms with Crippen LogP contribution in [0.25, 0.3) is 10.9 Å². The van der Waals surface area contributed by atoms with Gasteiger partial charge in [-0.25, -0.2) is 8.42 Å². The van der Waals surface area contributed by atoms with Crippen LogP contribution in [-0.4, -0.2) is 47.7 Å². The molecular weight excluding hydrogens is 430 g/mol. The van der Waals surface area contributed by atoms with Gasteiger partial charge in [-0.15, -0.1) is 0 Å². The summed E-state index contributed by atoms with van der Waals surface area (Å²) in [6.45, 7) is 0.947. The van der Waals surface area contributed by atoms with Gasteiger partial charge in [-0.2, -0.15) is 9.40 Å². The highest BCUT2D eigenvalue weighted by Gasteiger charge is 2.34. The summed E-state index contributed by atoms with van der Waals surface area (Å²) < 4.78 is 33.9. The largest absolute Gasteiger partial charge is 0.383 e. The molecule has 2 aromatic heterocycles. The van der Waals surface area contributed by atoms with Crippen LogP contribution in [0, 0.1) is 0 Å². The lowest BCUT2D eigenvalue weighted by Crippen LogP contribution is -2.27. The van der Waals surface area contributed by atoms with Gasteiger partial charge in [0.05, 0.1) is 23.1 Å². The number of aromatic amines is 1. The number of H-pyrrole nitrogens is 1. The van der Waals surface area contributed by atoms with E-state index in [1.807, 2.05) is 16.8 Å². The fourth-order valence-corrected chi connectivity index (χ4v) is 6.36. The lowest BCUT2D eigenvalue weighted by molar-refractivity contribution is 0.179. The van der Waals surface area contributed by atoms with Crippen LogP contribution in [0.2, 0.25) is 0 Å². The molecule has 2 aliphatic rings. The Balaban J connectivity index is 1.49. The molecule has 9 nitrogen and oxygen atoms in total. The maximum Gasteiger partial charge on any atom is 0.261 e. The molecule has 1 saturated carbocycles. The molecule has 1 aliphatic carbocycles. The Labute approximate surface area is 186 Å². The first kappa shape index (κ1) is 21.2. The van der Waals surface area contributed by atoms with Gasteiger partial charge in [0.15, 0.2) is 5.82 Å². The molecule has 0 radical (unpaired) electrons. The first-order chi connectivity index (χ1) is 15.5. The molecule has 0 saturated heterocycles. The zero-order valence-electron chi connectivity index (χ0n) is 18.0. The van der Waals surface area contributed by atoms with E-state index in [9.17, 15) is 13.2 Å². The summed E-state index contributed by atoms with van der Waals surface area (Å²) in [6, 6.07) is 7.33. The predicted octanol–water partition coefficient (Wildman–Crippen LogP) is 3.12. The zero-order chi connectivity index (χ0) is 22.3. The second kappa shape index (κ2) is 8.34. The van der Waals surface area contributed by atoms with Crippen LogP contribution < -0.4 is 10.9 Å². The maximum atomic E-state index is 12.7. The average Bonchev–Trinajstić information content (AvgIpc) is 3.28. The van der Waals surface area contributed by atoms with Gasteiger partial charge < -0.3 is 15.0 Å². The first-order valence-electron chi connectivity index (χ1n) is 11.0. The van der Waals surface area contributed by atoms with E-state index in [1.54, 1.807) is 25.4 Å². The number of ether oxygens (including phenoxy) is 1. The van der Waals surface area contributed by atoms with Crippen LogP contribution in [0.3, 0.4) is 0 Å². The third-order valence-electron chi connectivity index (χ3n) is 6.38. The standard InChI is InChI=1S/C22H27N5O4S/c1-31-12-11-26-14-15-13-16(7-8-19(15)32(26,29)30)24-21-20-18(9-10-23-22(20)28)27(25-21)17-5-3-2-4-6-17/h7-10,13,17H,2-6,11-12,14H2,1H3,(H,23,28)(H,24,25). The first-order valence-corrected chi connectivity index (χ1v) is 12.4. The van der Waals surface area contributed by atoms with Crippen molar-refractivity contribution in [2.45, 2.75) is 49.6 Å². The molecule has 170 valence electrons. The van der Waals surface area contributed by atoms with Gasteiger partial charge in [-0.1, -0.05) is 19.3 Å². The van der Waals surface area contributed by atoms with Crippen molar-refractivity contribution in [3.63, 3.8) is 0 Å². The van der Waals surface area contributed by atoms with Crippen molar-refractivity contribution in [3.8, 4) is 0 Å². The van der Waals surface area contributed by atoms with Crippen LogP contribution >= 0.6 is 0 Å². The molecule has 32 heavy (non-hydrogen) atoms. The second-order valence-electron chi connectivity index (χ2n) is 8.43. The molecule has 3 aromatic rings. The van der Waals surface area contributed by atoms with E-state index in [0.717, 1.165) is 36.8 Å². The van der Waals surface area contributed by atoms with Crippen LogP contribution in [-0.2, 0) is 21.3 Å². The van der Waals surface area contributed by atoms with E-state index in [1.165, 1.54) is 10.7 Å². The van der Waals surface area contributed by atoms with Gasteiger partial charge in [0, 0.05) is 32.1 Å². The molecular formula is C22H27N5O4S. The summed E-state index contributed by atoms with van der Waals surface area (Å²) in [5, 5.41) is 8.58. The normalized spacial score (nSPS) is 18.8. The van der Waals surface area contributed by atoms with Crippen molar-refractivity contribution in [2.24, 2.45) is 0 Å².